The monoisotopic (exact) mass is 305 g/mol. The second-order valence-electron chi connectivity index (χ2n) is 6.37. The molecule has 2 fully saturated rings. The molecule has 2 heterocycles. The Morgan fingerprint density at radius 2 is 2.05 bits per heavy atom. The molecule has 5 heteroatoms. The van der Waals surface area contributed by atoms with Crippen LogP contribution in [-0.4, -0.2) is 59.0 Å². The molecule has 3 rings (SSSR count). The van der Waals surface area contributed by atoms with Gasteiger partial charge in [0, 0.05) is 24.9 Å². The summed E-state index contributed by atoms with van der Waals surface area (Å²) in [5.41, 5.74) is 0.769. The lowest BCUT2D eigenvalue weighted by Gasteiger charge is -2.36. The van der Waals surface area contributed by atoms with Crippen LogP contribution in [0.4, 0.5) is 0 Å². The van der Waals surface area contributed by atoms with Crippen LogP contribution in [0.1, 0.15) is 30.7 Å². The number of nitrogens with zero attached hydrogens (tertiary/aromatic N) is 1. The Labute approximate surface area is 130 Å². The van der Waals surface area contributed by atoms with Crippen LogP contribution in [0.5, 0.6) is 0 Å². The van der Waals surface area contributed by atoms with Gasteiger partial charge in [0.05, 0.1) is 12.7 Å². The Morgan fingerprint density at radius 3 is 2.68 bits per heavy atom. The van der Waals surface area contributed by atoms with Gasteiger partial charge in [-0.15, -0.1) is 0 Å². The highest BCUT2D eigenvalue weighted by Gasteiger charge is 2.45. The van der Waals surface area contributed by atoms with E-state index in [0.717, 1.165) is 18.4 Å². The van der Waals surface area contributed by atoms with Crippen molar-refractivity contribution < 1.29 is 19.7 Å². The fraction of sp³-hybridized carbons (Fsp3) is 0.588. The average molecular weight is 305 g/mol. The molecule has 2 saturated heterocycles. The van der Waals surface area contributed by atoms with E-state index in [1.807, 2.05) is 37.4 Å². The third-order valence-corrected chi connectivity index (χ3v) is 5.05. The van der Waals surface area contributed by atoms with Crippen LogP contribution in [0, 0.1) is 0 Å². The molecule has 0 aromatic heterocycles. The number of likely N-dealkylation sites (N-methyl/N-ethyl adjacent to an activating group) is 1. The van der Waals surface area contributed by atoms with Gasteiger partial charge in [-0.2, -0.15) is 0 Å². The molecule has 2 aliphatic heterocycles. The molecule has 2 N–H and O–H groups in total. The summed E-state index contributed by atoms with van der Waals surface area (Å²) in [6.07, 6.45) is 1.66. The van der Waals surface area contributed by atoms with E-state index in [1.165, 1.54) is 0 Å². The van der Waals surface area contributed by atoms with Crippen molar-refractivity contribution in [3.05, 3.63) is 35.9 Å². The van der Waals surface area contributed by atoms with E-state index in [4.69, 9.17) is 4.74 Å². The molecule has 0 amide bonds. The molecule has 2 aliphatic rings. The van der Waals surface area contributed by atoms with Crippen molar-refractivity contribution in [3.63, 3.8) is 0 Å². The van der Waals surface area contributed by atoms with Gasteiger partial charge in [0.1, 0.15) is 12.0 Å². The number of hydrogen-bond donors (Lipinski definition) is 2. The molecule has 0 radical (unpaired) electrons. The highest BCUT2D eigenvalue weighted by Crippen LogP contribution is 2.36. The zero-order chi connectivity index (χ0) is 15.7. The maximum atomic E-state index is 12.4. The fourth-order valence-electron chi connectivity index (χ4n) is 3.74. The number of aliphatic hydroxyl groups is 2. The van der Waals surface area contributed by atoms with Gasteiger partial charge >= 0.3 is 5.97 Å². The quantitative estimate of drug-likeness (QED) is 0.809. The van der Waals surface area contributed by atoms with Crippen molar-refractivity contribution in [2.24, 2.45) is 0 Å². The molecule has 120 valence electrons. The number of carbonyl (C=O) groups excluding carboxylic acids is 1. The molecule has 22 heavy (non-hydrogen) atoms. The summed E-state index contributed by atoms with van der Waals surface area (Å²) in [7, 11) is 2.02. The molecule has 0 saturated carbocycles. The summed E-state index contributed by atoms with van der Waals surface area (Å²) < 4.78 is 5.64. The number of esters is 1. The van der Waals surface area contributed by atoms with Gasteiger partial charge in [-0.3, -0.25) is 9.69 Å². The van der Waals surface area contributed by atoms with Gasteiger partial charge in [0.25, 0.3) is 0 Å². The highest BCUT2D eigenvalue weighted by molar-refractivity contribution is 5.78. The van der Waals surface area contributed by atoms with Crippen molar-refractivity contribution in [1.82, 2.24) is 4.90 Å². The summed E-state index contributed by atoms with van der Waals surface area (Å²) >= 11 is 0. The summed E-state index contributed by atoms with van der Waals surface area (Å²) in [5.74, 6) is -1.01. The Balaban J connectivity index is 1.65. The molecular formula is C17H23NO4. The standard InChI is InChI=1S/C17H23NO4/c1-18-12-7-13(9-15(18)16(20)8-12)22-17(21)14(10-19)11-5-3-2-4-6-11/h2-6,12-16,19-20H,7-10H2,1H3/t12-,13+,14-,15-,16+/m1/s1. The Bertz CT molecular complexity index is 521. The lowest BCUT2D eigenvalue weighted by molar-refractivity contribution is -0.155. The van der Waals surface area contributed by atoms with Crippen LogP contribution in [0.3, 0.4) is 0 Å². The van der Waals surface area contributed by atoms with Crippen LogP contribution >= 0.6 is 0 Å². The van der Waals surface area contributed by atoms with E-state index in [9.17, 15) is 15.0 Å². The number of ether oxygens (including phenoxy) is 1. The van der Waals surface area contributed by atoms with E-state index >= 15 is 0 Å². The summed E-state index contributed by atoms with van der Waals surface area (Å²) in [6, 6.07) is 9.56. The highest BCUT2D eigenvalue weighted by atomic mass is 16.5. The zero-order valence-corrected chi connectivity index (χ0v) is 12.8. The van der Waals surface area contributed by atoms with E-state index < -0.39 is 5.92 Å². The minimum absolute atomic E-state index is 0.0702. The SMILES string of the molecule is CN1[C@@H]2C[C@H](OC(=O)[C@H](CO)c3ccccc3)C[C@@H]1[C@@H](O)C2. The third-order valence-electron chi connectivity index (χ3n) is 5.05. The van der Waals surface area contributed by atoms with Crippen LogP contribution < -0.4 is 0 Å². The van der Waals surface area contributed by atoms with Gasteiger partial charge in [-0.25, -0.2) is 0 Å². The molecule has 1 aromatic rings. The normalized spacial score (nSPS) is 32.7. The molecule has 1 aromatic carbocycles. The minimum atomic E-state index is -0.636. The molecule has 5 nitrogen and oxygen atoms in total. The first-order valence-corrected chi connectivity index (χ1v) is 7.86. The maximum Gasteiger partial charge on any atom is 0.316 e. The van der Waals surface area contributed by atoms with E-state index in [0.29, 0.717) is 6.42 Å². The van der Waals surface area contributed by atoms with Crippen molar-refractivity contribution in [1.29, 1.82) is 0 Å². The lowest BCUT2D eigenvalue weighted by Crippen LogP contribution is -2.45. The minimum Gasteiger partial charge on any atom is -0.462 e. The predicted octanol–water partition coefficient (Wildman–Crippen LogP) is 0.902. The van der Waals surface area contributed by atoms with Gasteiger partial charge in [-0.1, -0.05) is 30.3 Å². The second-order valence-corrected chi connectivity index (χ2v) is 6.37. The number of hydrogen-bond acceptors (Lipinski definition) is 5. The molecule has 2 bridgehead atoms. The molecular weight excluding hydrogens is 282 g/mol. The van der Waals surface area contributed by atoms with Crippen LogP contribution in [0.25, 0.3) is 0 Å². The van der Waals surface area contributed by atoms with Gasteiger partial charge < -0.3 is 14.9 Å². The van der Waals surface area contributed by atoms with Crippen LogP contribution in [0.2, 0.25) is 0 Å². The predicted molar refractivity (Wildman–Crippen MR) is 81.3 cm³/mol. The third kappa shape index (κ3) is 2.89. The Morgan fingerprint density at radius 1 is 1.32 bits per heavy atom. The van der Waals surface area contributed by atoms with Gasteiger partial charge in [-0.05, 0) is 19.0 Å². The molecule has 5 atom stereocenters. The fourth-order valence-corrected chi connectivity index (χ4v) is 3.74. The largest absolute Gasteiger partial charge is 0.462 e. The topological polar surface area (TPSA) is 70.0 Å². The Kier molecular flexibility index (Phi) is 4.47. The van der Waals surface area contributed by atoms with Crippen molar-refractivity contribution in [2.45, 2.75) is 49.5 Å². The summed E-state index contributed by atoms with van der Waals surface area (Å²) in [5, 5.41) is 19.6. The van der Waals surface area contributed by atoms with Crippen LogP contribution in [-0.2, 0) is 9.53 Å². The zero-order valence-electron chi connectivity index (χ0n) is 12.8. The maximum absolute atomic E-state index is 12.4. The van der Waals surface area contributed by atoms with Crippen molar-refractivity contribution in [2.75, 3.05) is 13.7 Å². The average Bonchev–Trinajstić information content (AvgIpc) is 2.68. The van der Waals surface area contributed by atoms with Crippen LogP contribution in [0.15, 0.2) is 30.3 Å². The van der Waals surface area contributed by atoms with Crippen molar-refractivity contribution in [3.8, 4) is 0 Å². The van der Waals surface area contributed by atoms with E-state index in [1.54, 1.807) is 0 Å². The molecule has 0 aliphatic carbocycles. The van der Waals surface area contributed by atoms with Gasteiger partial charge in [0.15, 0.2) is 0 Å². The number of carbonyl (C=O) groups is 1. The summed E-state index contributed by atoms with van der Waals surface area (Å²) in [6.45, 7) is -0.259. The first-order valence-electron chi connectivity index (χ1n) is 7.86. The molecule has 0 unspecified atom stereocenters. The second kappa shape index (κ2) is 6.36. The smallest absolute Gasteiger partial charge is 0.316 e. The summed E-state index contributed by atoms with van der Waals surface area (Å²) in [4.78, 5) is 14.6. The van der Waals surface area contributed by atoms with E-state index in [2.05, 4.69) is 4.90 Å². The number of piperidine rings is 1. The first kappa shape index (κ1) is 15.5. The molecule has 0 spiro atoms. The first-order chi connectivity index (χ1) is 10.6. The number of aliphatic hydroxyl groups excluding tert-OH is 2. The van der Waals surface area contributed by atoms with Gasteiger partial charge in [0.2, 0.25) is 0 Å². The van der Waals surface area contributed by atoms with E-state index in [-0.39, 0.29) is 36.9 Å². The Hall–Kier alpha value is -1.43. The van der Waals surface area contributed by atoms with Crippen molar-refractivity contribution >= 4 is 5.97 Å². The number of fused-ring (bicyclic) bond motifs is 2. The number of benzene rings is 1. The number of rotatable bonds is 4. The lowest BCUT2D eigenvalue weighted by atomic mass is 9.98.